The zero-order valence-corrected chi connectivity index (χ0v) is 30.9. The number of hydrogen-bond acceptors (Lipinski definition) is 8. The molecule has 1 aromatic rings. The molecule has 0 spiro atoms. The molecule has 0 heterocycles. The Morgan fingerprint density at radius 2 is 1.14 bits per heavy atom. The molecule has 1 aromatic carbocycles. The van der Waals surface area contributed by atoms with Gasteiger partial charge in [-0.15, -0.1) is 0 Å². The molecule has 5 amide bonds. The smallest absolute Gasteiger partial charge is 0.408 e. The number of amides is 5. The summed E-state index contributed by atoms with van der Waals surface area (Å²) in [7, 11) is 0. The van der Waals surface area contributed by atoms with Crippen LogP contribution in [-0.4, -0.2) is 84.7 Å². The van der Waals surface area contributed by atoms with Gasteiger partial charge in [0, 0.05) is 26.2 Å². The van der Waals surface area contributed by atoms with Crippen molar-refractivity contribution in [1.29, 1.82) is 0 Å². The fourth-order valence-electron chi connectivity index (χ4n) is 4.69. The van der Waals surface area contributed by atoms with Gasteiger partial charge in [0.05, 0.1) is 6.61 Å². The van der Waals surface area contributed by atoms with Gasteiger partial charge >= 0.3 is 18.3 Å². The molecule has 14 nitrogen and oxygen atoms in total. The van der Waals surface area contributed by atoms with E-state index in [2.05, 4.69) is 26.6 Å². The number of ether oxygens (including phenoxy) is 3. The van der Waals surface area contributed by atoms with Crippen LogP contribution in [0.5, 0.6) is 0 Å². The second kappa shape index (κ2) is 24.1. The van der Waals surface area contributed by atoms with Crippen LogP contribution in [0.2, 0.25) is 0 Å². The number of nitrogens with one attached hydrogen (secondary N) is 5. The van der Waals surface area contributed by atoms with Crippen LogP contribution in [0.4, 0.5) is 14.4 Å². The van der Waals surface area contributed by atoms with E-state index >= 15 is 0 Å². The van der Waals surface area contributed by atoms with E-state index in [1.807, 2.05) is 30.3 Å². The first-order valence-corrected chi connectivity index (χ1v) is 17.7. The van der Waals surface area contributed by atoms with Gasteiger partial charge < -0.3 is 45.9 Å². The molecule has 0 saturated heterocycles. The Morgan fingerprint density at radius 1 is 0.620 bits per heavy atom. The lowest BCUT2D eigenvalue weighted by atomic mass is 10.1. The monoisotopic (exact) mass is 707 g/mol. The maximum Gasteiger partial charge on any atom is 0.408 e. The van der Waals surface area contributed by atoms with Crippen molar-refractivity contribution in [1.82, 2.24) is 26.6 Å². The number of carboxylic acid groups (broad SMARTS) is 1. The van der Waals surface area contributed by atoms with E-state index in [0.717, 1.165) is 31.2 Å². The summed E-state index contributed by atoms with van der Waals surface area (Å²) in [6.07, 6.45) is 3.51. The van der Waals surface area contributed by atoms with Gasteiger partial charge in [-0.1, -0.05) is 43.2 Å². The number of carbonyl (C=O) groups is 5. The normalized spacial score (nSPS) is 12.6. The zero-order valence-electron chi connectivity index (χ0n) is 30.9. The molecule has 0 aliphatic rings. The lowest BCUT2D eigenvalue weighted by Gasteiger charge is -2.25. The summed E-state index contributed by atoms with van der Waals surface area (Å²) in [5.41, 5.74) is -0.280. The minimum absolute atomic E-state index is 0.215. The van der Waals surface area contributed by atoms with Gasteiger partial charge in [-0.3, -0.25) is 9.59 Å². The zero-order chi connectivity index (χ0) is 37.4. The first-order chi connectivity index (χ1) is 23.6. The van der Waals surface area contributed by atoms with Gasteiger partial charge in [0.1, 0.15) is 23.3 Å². The van der Waals surface area contributed by atoms with E-state index in [4.69, 9.17) is 19.3 Å². The van der Waals surface area contributed by atoms with Crippen LogP contribution in [-0.2, 0) is 30.4 Å². The second-order valence-electron chi connectivity index (χ2n) is 14.2. The molecule has 14 heteroatoms. The lowest BCUT2D eigenvalue weighted by molar-refractivity contribution is -0.130. The number of hydrogen-bond donors (Lipinski definition) is 6. The standard InChI is InChI=1S/C36H61N5O9/c1-35(2,3)49-33(46)39-24-16-13-21-29(41-34(47)50-36(4,5)6)31(43)40-28(20-12-15-23-38-32(44)45)30(42)37-22-14-7-8-17-25-48-26-27-18-10-9-11-19-27/h9-11,18-19,28-29,38H,7-8,12-17,20-26H2,1-6H3,(H,37,42)(H,39,46)(H,40,43)(H,41,47)(H,44,45)/t28-,29+/m1/s1. The van der Waals surface area contributed by atoms with Crippen molar-refractivity contribution < 1.29 is 43.3 Å². The maximum absolute atomic E-state index is 13.5. The summed E-state index contributed by atoms with van der Waals surface area (Å²) < 4.78 is 16.3. The van der Waals surface area contributed by atoms with E-state index in [-0.39, 0.29) is 25.3 Å². The van der Waals surface area contributed by atoms with Crippen LogP contribution >= 0.6 is 0 Å². The van der Waals surface area contributed by atoms with Crippen LogP contribution in [0.25, 0.3) is 0 Å². The van der Waals surface area contributed by atoms with E-state index in [9.17, 15) is 24.0 Å². The summed E-state index contributed by atoms with van der Waals surface area (Å²) in [6, 6.07) is 8.09. The molecule has 0 fully saturated rings. The third-order valence-electron chi connectivity index (χ3n) is 7.05. The molecule has 0 unspecified atom stereocenters. The molecule has 0 saturated carbocycles. The topological polar surface area (TPSA) is 193 Å². The van der Waals surface area contributed by atoms with Crippen LogP contribution in [0.3, 0.4) is 0 Å². The average Bonchev–Trinajstić information content (AvgIpc) is 3.01. The fourth-order valence-corrected chi connectivity index (χ4v) is 4.69. The molecule has 0 aliphatic carbocycles. The Labute approximate surface area is 297 Å². The lowest BCUT2D eigenvalue weighted by Crippen LogP contribution is -2.54. The summed E-state index contributed by atoms with van der Waals surface area (Å²) in [5, 5.41) is 22.1. The van der Waals surface area contributed by atoms with Crippen molar-refractivity contribution in [2.75, 3.05) is 26.2 Å². The highest BCUT2D eigenvalue weighted by molar-refractivity contribution is 5.91. The highest BCUT2D eigenvalue weighted by Gasteiger charge is 2.28. The number of unbranched alkanes of at least 4 members (excludes halogenated alkanes) is 5. The summed E-state index contributed by atoms with van der Waals surface area (Å²) >= 11 is 0. The Balaban J connectivity index is 2.70. The van der Waals surface area contributed by atoms with E-state index in [1.54, 1.807) is 41.5 Å². The molecule has 50 heavy (non-hydrogen) atoms. The van der Waals surface area contributed by atoms with Gasteiger partial charge in [-0.05, 0) is 98.5 Å². The third-order valence-corrected chi connectivity index (χ3v) is 7.05. The van der Waals surface area contributed by atoms with E-state index in [0.29, 0.717) is 52.0 Å². The summed E-state index contributed by atoms with van der Waals surface area (Å²) in [6.45, 7) is 12.6. The van der Waals surface area contributed by atoms with Crippen molar-refractivity contribution in [3.05, 3.63) is 35.9 Å². The van der Waals surface area contributed by atoms with Crippen molar-refractivity contribution in [2.24, 2.45) is 0 Å². The van der Waals surface area contributed by atoms with E-state index in [1.165, 1.54) is 0 Å². The predicted molar refractivity (Wildman–Crippen MR) is 191 cm³/mol. The predicted octanol–water partition coefficient (Wildman–Crippen LogP) is 5.39. The van der Waals surface area contributed by atoms with Gasteiger partial charge in [0.15, 0.2) is 0 Å². The first-order valence-electron chi connectivity index (χ1n) is 17.7. The molecule has 1 rings (SSSR count). The largest absolute Gasteiger partial charge is 0.465 e. The van der Waals surface area contributed by atoms with Crippen molar-refractivity contribution in [3.63, 3.8) is 0 Å². The van der Waals surface area contributed by atoms with Gasteiger partial charge in [-0.25, -0.2) is 14.4 Å². The fraction of sp³-hybridized carbons (Fsp3) is 0.694. The molecule has 0 bridgehead atoms. The summed E-state index contributed by atoms with van der Waals surface area (Å²) in [5.74, 6) is -0.899. The highest BCUT2D eigenvalue weighted by atomic mass is 16.6. The molecule has 284 valence electrons. The Kier molecular flexibility index (Phi) is 21.2. The average molecular weight is 708 g/mol. The molecular formula is C36H61N5O9. The SMILES string of the molecule is CC(C)(C)OC(=O)NCCCC[C@H](NC(=O)OC(C)(C)C)C(=O)N[C@H](CCCCNC(=O)O)C(=O)NCCCCCCOCc1ccccc1. The minimum Gasteiger partial charge on any atom is -0.465 e. The van der Waals surface area contributed by atoms with Gasteiger partial charge in [-0.2, -0.15) is 0 Å². The number of alkyl carbamates (subject to hydrolysis) is 2. The van der Waals surface area contributed by atoms with Crippen LogP contribution < -0.4 is 26.6 Å². The van der Waals surface area contributed by atoms with Crippen LogP contribution in [0.1, 0.15) is 111 Å². The van der Waals surface area contributed by atoms with E-state index < -0.39 is 47.5 Å². The van der Waals surface area contributed by atoms with Crippen molar-refractivity contribution >= 4 is 30.1 Å². The maximum atomic E-state index is 13.5. The summed E-state index contributed by atoms with van der Waals surface area (Å²) in [4.78, 5) is 62.1. The molecule has 0 aliphatic heterocycles. The Hall–Kier alpha value is -4.07. The van der Waals surface area contributed by atoms with Crippen LogP contribution in [0, 0.1) is 0 Å². The van der Waals surface area contributed by atoms with Crippen molar-refractivity contribution in [2.45, 2.75) is 136 Å². The number of benzene rings is 1. The third kappa shape index (κ3) is 24.1. The molecule has 2 atom stereocenters. The minimum atomic E-state index is -1.13. The van der Waals surface area contributed by atoms with Crippen molar-refractivity contribution in [3.8, 4) is 0 Å². The molecule has 0 aromatic heterocycles. The molecular weight excluding hydrogens is 646 g/mol. The van der Waals surface area contributed by atoms with Crippen LogP contribution in [0.15, 0.2) is 30.3 Å². The number of rotatable bonds is 23. The Morgan fingerprint density at radius 3 is 1.74 bits per heavy atom. The second-order valence-corrected chi connectivity index (χ2v) is 14.2. The first kappa shape index (κ1) is 44.0. The number of carbonyl (C=O) groups excluding carboxylic acids is 4. The van der Waals surface area contributed by atoms with Gasteiger partial charge in [0.25, 0.3) is 0 Å². The molecule has 0 radical (unpaired) electrons. The highest BCUT2D eigenvalue weighted by Crippen LogP contribution is 2.11. The Bertz CT molecular complexity index is 1150. The quantitative estimate of drug-likeness (QED) is 0.0809. The molecule has 6 N–H and O–H groups in total. The van der Waals surface area contributed by atoms with Gasteiger partial charge in [0.2, 0.25) is 11.8 Å².